The Morgan fingerprint density at radius 3 is 2.48 bits per heavy atom. The van der Waals surface area contributed by atoms with Gasteiger partial charge in [0.05, 0.1) is 23.4 Å². The highest BCUT2D eigenvalue weighted by Crippen LogP contribution is 2.38. The number of nitrogens with zero attached hydrogens (tertiary/aromatic N) is 2. The number of hydrogen-bond acceptors (Lipinski definition) is 2. The molecule has 118 valence electrons. The van der Waals surface area contributed by atoms with E-state index in [0.717, 1.165) is 30.8 Å². The van der Waals surface area contributed by atoms with Gasteiger partial charge < -0.3 is 14.2 Å². The molecule has 0 bridgehead atoms. The molecule has 3 nitrogen and oxygen atoms in total. The van der Waals surface area contributed by atoms with Crippen LogP contribution in [-0.2, 0) is 11.8 Å². The minimum absolute atomic E-state index is 0.809. The Hall–Kier alpha value is -1.78. The van der Waals surface area contributed by atoms with Crippen molar-refractivity contribution in [2.75, 3.05) is 31.2 Å². The topological polar surface area (TPSA) is 17.4 Å². The molecule has 23 heavy (non-hydrogen) atoms. The molecule has 0 spiro atoms. The van der Waals surface area contributed by atoms with Gasteiger partial charge in [-0.05, 0) is 39.7 Å². The number of benzene rings is 2. The average molecular weight is 371 g/mol. The van der Waals surface area contributed by atoms with Crippen LogP contribution in [0.25, 0.3) is 22.2 Å². The average Bonchev–Trinajstić information content (AvgIpc) is 2.87. The molecule has 1 fully saturated rings. The van der Waals surface area contributed by atoms with Crippen molar-refractivity contribution < 1.29 is 4.74 Å². The van der Waals surface area contributed by atoms with Crippen molar-refractivity contribution >= 4 is 32.5 Å². The number of fused-ring (bicyclic) bond motifs is 1. The first-order valence-electron chi connectivity index (χ1n) is 7.92. The lowest BCUT2D eigenvalue weighted by atomic mass is 10.1. The molecule has 0 amide bonds. The molecule has 0 atom stereocenters. The molecule has 2 aromatic carbocycles. The third kappa shape index (κ3) is 2.56. The van der Waals surface area contributed by atoms with Gasteiger partial charge in [0.1, 0.15) is 0 Å². The summed E-state index contributed by atoms with van der Waals surface area (Å²) < 4.78 is 8.88. The maximum absolute atomic E-state index is 5.46. The molecule has 1 aromatic heterocycles. The first kappa shape index (κ1) is 14.8. The second-order valence-electron chi connectivity index (χ2n) is 5.89. The third-order valence-corrected chi connectivity index (χ3v) is 5.35. The van der Waals surface area contributed by atoms with Crippen LogP contribution >= 0.6 is 15.9 Å². The number of aryl methyl sites for hydroxylation is 1. The zero-order chi connectivity index (χ0) is 15.8. The van der Waals surface area contributed by atoms with Crippen LogP contribution in [0.2, 0.25) is 0 Å². The maximum atomic E-state index is 5.46. The quantitative estimate of drug-likeness (QED) is 0.663. The summed E-state index contributed by atoms with van der Waals surface area (Å²) in [4.78, 5) is 2.39. The van der Waals surface area contributed by atoms with Gasteiger partial charge in [-0.25, -0.2) is 0 Å². The molecule has 1 saturated heterocycles. The molecule has 2 heterocycles. The molecular weight excluding hydrogens is 352 g/mol. The van der Waals surface area contributed by atoms with Crippen LogP contribution in [0.5, 0.6) is 0 Å². The molecule has 3 aromatic rings. The van der Waals surface area contributed by atoms with Gasteiger partial charge in [-0.3, -0.25) is 0 Å². The number of hydrogen-bond donors (Lipinski definition) is 0. The molecule has 0 N–H and O–H groups in total. The highest BCUT2D eigenvalue weighted by atomic mass is 79.9. The van der Waals surface area contributed by atoms with E-state index in [2.05, 4.69) is 81.0 Å². The van der Waals surface area contributed by atoms with Crippen molar-refractivity contribution in [2.24, 2.45) is 7.05 Å². The van der Waals surface area contributed by atoms with Crippen molar-refractivity contribution in [1.29, 1.82) is 0 Å². The van der Waals surface area contributed by atoms with Gasteiger partial charge in [-0.15, -0.1) is 0 Å². The lowest BCUT2D eigenvalue weighted by Crippen LogP contribution is -2.36. The molecule has 0 aliphatic carbocycles. The van der Waals surface area contributed by atoms with Crippen LogP contribution < -0.4 is 4.90 Å². The Kier molecular flexibility index (Phi) is 3.87. The van der Waals surface area contributed by atoms with Crippen LogP contribution in [0, 0.1) is 0 Å². The highest BCUT2D eigenvalue weighted by Gasteiger charge is 2.17. The monoisotopic (exact) mass is 370 g/mol. The predicted octanol–water partition coefficient (Wildman–Crippen LogP) is 4.44. The fourth-order valence-electron chi connectivity index (χ4n) is 3.32. The molecule has 0 unspecified atom stereocenters. The van der Waals surface area contributed by atoms with E-state index in [0.29, 0.717) is 0 Å². The minimum Gasteiger partial charge on any atom is -0.378 e. The Labute approximate surface area is 144 Å². The van der Waals surface area contributed by atoms with Crippen molar-refractivity contribution in [3.8, 4) is 11.3 Å². The number of rotatable bonds is 2. The van der Waals surface area contributed by atoms with Gasteiger partial charge >= 0.3 is 0 Å². The van der Waals surface area contributed by atoms with Crippen LogP contribution in [0.3, 0.4) is 0 Å². The fraction of sp³-hybridized carbons (Fsp3) is 0.263. The lowest BCUT2D eigenvalue weighted by Gasteiger charge is -2.28. The van der Waals surface area contributed by atoms with Gasteiger partial charge in [-0.1, -0.05) is 30.3 Å². The second kappa shape index (κ2) is 6.02. The number of morpholine rings is 1. The van der Waals surface area contributed by atoms with E-state index in [4.69, 9.17) is 4.74 Å². The van der Waals surface area contributed by atoms with Crippen LogP contribution in [-0.4, -0.2) is 30.9 Å². The van der Waals surface area contributed by atoms with E-state index in [1.807, 2.05) is 0 Å². The number of anilines is 1. The van der Waals surface area contributed by atoms with E-state index >= 15 is 0 Å². The standard InChI is InChI=1S/C19H19BrN2O/c1-21-17-8-7-15(22-9-11-23-12-10-22)13-16(17)18(20)19(21)14-5-3-2-4-6-14/h2-8,13H,9-12H2,1H3. The summed E-state index contributed by atoms with van der Waals surface area (Å²) >= 11 is 3.83. The zero-order valence-corrected chi connectivity index (χ0v) is 14.7. The molecule has 4 heteroatoms. The molecular formula is C19H19BrN2O. The SMILES string of the molecule is Cn1c(-c2ccccc2)c(Br)c2cc(N3CCOCC3)ccc21. The second-order valence-corrected chi connectivity index (χ2v) is 6.68. The Bertz CT molecular complexity index is 835. The number of halogens is 1. The largest absolute Gasteiger partial charge is 0.378 e. The maximum Gasteiger partial charge on any atom is 0.0642 e. The van der Waals surface area contributed by atoms with E-state index in [-0.39, 0.29) is 0 Å². The summed E-state index contributed by atoms with van der Waals surface area (Å²) in [6, 6.07) is 17.3. The lowest BCUT2D eigenvalue weighted by molar-refractivity contribution is 0.122. The summed E-state index contributed by atoms with van der Waals surface area (Å²) in [7, 11) is 2.13. The van der Waals surface area contributed by atoms with Crippen molar-refractivity contribution in [1.82, 2.24) is 4.57 Å². The van der Waals surface area contributed by atoms with E-state index in [1.165, 1.54) is 27.8 Å². The van der Waals surface area contributed by atoms with Gasteiger partial charge in [-0.2, -0.15) is 0 Å². The minimum atomic E-state index is 0.809. The first-order valence-corrected chi connectivity index (χ1v) is 8.71. The predicted molar refractivity (Wildman–Crippen MR) is 99.1 cm³/mol. The highest BCUT2D eigenvalue weighted by molar-refractivity contribution is 9.10. The fourth-order valence-corrected chi connectivity index (χ4v) is 4.13. The Balaban J connectivity index is 1.84. The van der Waals surface area contributed by atoms with Crippen LogP contribution in [0.1, 0.15) is 0 Å². The molecule has 1 aliphatic heterocycles. The van der Waals surface area contributed by atoms with E-state index in [9.17, 15) is 0 Å². The zero-order valence-electron chi connectivity index (χ0n) is 13.1. The Morgan fingerprint density at radius 2 is 1.74 bits per heavy atom. The molecule has 0 radical (unpaired) electrons. The summed E-state index contributed by atoms with van der Waals surface area (Å²) in [5.41, 5.74) is 4.96. The molecule has 1 aliphatic rings. The summed E-state index contributed by atoms with van der Waals surface area (Å²) in [6.07, 6.45) is 0. The smallest absolute Gasteiger partial charge is 0.0642 e. The van der Waals surface area contributed by atoms with Crippen LogP contribution in [0.15, 0.2) is 53.0 Å². The van der Waals surface area contributed by atoms with Crippen molar-refractivity contribution in [2.45, 2.75) is 0 Å². The van der Waals surface area contributed by atoms with E-state index < -0.39 is 0 Å². The summed E-state index contributed by atoms with van der Waals surface area (Å²) in [5, 5.41) is 1.26. The normalized spacial score (nSPS) is 15.3. The van der Waals surface area contributed by atoms with Gasteiger partial charge in [0, 0.05) is 36.7 Å². The summed E-state index contributed by atoms with van der Waals surface area (Å²) in [5.74, 6) is 0. The van der Waals surface area contributed by atoms with Crippen molar-refractivity contribution in [3.05, 3.63) is 53.0 Å². The Morgan fingerprint density at radius 1 is 1.00 bits per heavy atom. The molecule has 0 saturated carbocycles. The third-order valence-electron chi connectivity index (χ3n) is 4.54. The van der Waals surface area contributed by atoms with Crippen LogP contribution in [0.4, 0.5) is 5.69 Å². The van der Waals surface area contributed by atoms with Gasteiger partial charge in [0.2, 0.25) is 0 Å². The molecule has 4 rings (SSSR count). The van der Waals surface area contributed by atoms with Gasteiger partial charge in [0.25, 0.3) is 0 Å². The van der Waals surface area contributed by atoms with E-state index in [1.54, 1.807) is 0 Å². The first-order chi connectivity index (χ1) is 11.3. The van der Waals surface area contributed by atoms with Gasteiger partial charge in [0.15, 0.2) is 0 Å². The van der Waals surface area contributed by atoms with Crippen molar-refractivity contribution in [3.63, 3.8) is 0 Å². The number of aromatic nitrogens is 1. The number of ether oxygens (including phenoxy) is 1. The summed E-state index contributed by atoms with van der Waals surface area (Å²) in [6.45, 7) is 3.54.